The van der Waals surface area contributed by atoms with Gasteiger partial charge in [0.25, 0.3) is 0 Å². The predicted molar refractivity (Wildman–Crippen MR) is 87.5 cm³/mol. The van der Waals surface area contributed by atoms with Gasteiger partial charge in [-0.2, -0.15) is 0 Å². The first-order valence-electron chi connectivity index (χ1n) is 8.61. The van der Waals surface area contributed by atoms with E-state index in [1.54, 1.807) is 0 Å². The molecule has 0 bridgehead atoms. The van der Waals surface area contributed by atoms with Crippen molar-refractivity contribution in [3.05, 3.63) is 24.3 Å². The molecule has 1 aliphatic carbocycles. The van der Waals surface area contributed by atoms with Crippen LogP contribution < -0.4 is 0 Å². The van der Waals surface area contributed by atoms with E-state index < -0.39 is 0 Å². The third kappa shape index (κ3) is 8.29. The van der Waals surface area contributed by atoms with Crippen LogP contribution in [0.4, 0.5) is 0 Å². The van der Waals surface area contributed by atoms with E-state index in [1.807, 2.05) is 0 Å². The Morgan fingerprint density at radius 3 is 1.89 bits per heavy atom. The zero-order valence-corrected chi connectivity index (χ0v) is 13.3. The Morgan fingerprint density at radius 2 is 1.37 bits per heavy atom. The van der Waals surface area contributed by atoms with E-state index in [9.17, 15) is 0 Å². The van der Waals surface area contributed by atoms with Crippen LogP contribution in [0.1, 0.15) is 90.9 Å². The summed E-state index contributed by atoms with van der Waals surface area (Å²) in [5, 5.41) is 0. The molecule has 1 atom stereocenters. The number of unbranched alkanes of at least 4 members (excludes halogenated alkanes) is 9. The maximum absolute atomic E-state index is 2.40. The molecule has 1 rings (SSSR count). The lowest BCUT2D eigenvalue weighted by atomic mass is 9.79. The van der Waals surface area contributed by atoms with Crippen molar-refractivity contribution in [1.29, 1.82) is 0 Å². The molecule has 0 fully saturated rings. The minimum Gasteiger partial charge on any atom is -0.0837 e. The minimum absolute atomic E-state index is 0.453. The van der Waals surface area contributed by atoms with Crippen molar-refractivity contribution in [2.45, 2.75) is 90.9 Å². The third-order valence-corrected chi connectivity index (χ3v) is 4.43. The van der Waals surface area contributed by atoms with Gasteiger partial charge in [0.05, 0.1) is 0 Å². The second-order valence-corrected chi connectivity index (χ2v) is 6.58. The monoisotopic (exact) mass is 262 g/mol. The Kier molecular flexibility index (Phi) is 8.95. The van der Waals surface area contributed by atoms with Crippen LogP contribution in [-0.2, 0) is 0 Å². The Morgan fingerprint density at radius 1 is 0.789 bits per heavy atom. The summed E-state index contributed by atoms with van der Waals surface area (Å²) in [4.78, 5) is 0. The fourth-order valence-corrected chi connectivity index (χ4v) is 2.97. The second kappa shape index (κ2) is 10.3. The Bertz CT molecular complexity index is 261. The summed E-state index contributed by atoms with van der Waals surface area (Å²) in [6.07, 6.45) is 26.1. The molecule has 0 aromatic rings. The molecule has 0 radical (unpaired) electrons. The lowest BCUT2D eigenvalue weighted by molar-refractivity contribution is 0.370. The van der Waals surface area contributed by atoms with Crippen molar-refractivity contribution in [2.24, 2.45) is 5.41 Å². The van der Waals surface area contributed by atoms with Gasteiger partial charge >= 0.3 is 0 Å². The molecular formula is C19H34. The second-order valence-electron chi connectivity index (χ2n) is 6.58. The van der Waals surface area contributed by atoms with Gasteiger partial charge in [-0.1, -0.05) is 102 Å². The van der Waals surface area contributed by atoms with Gasteiger partial charge in [0, 0.05) is 0 Å². The molecule has 0 nitrogen and oxygen atoms in total. The van der Waals surface area contributed by atoms with E-state index >= 15 is 0 Å². The van der Waals surface area contributed by atoms with Crippen molar-refractivity contribution in [3.8, 4) is 0 Å². The molecule has 1 unspecified atom stereocenters. The summed E-state index contributed by atoms with van der Waals surface area (Å²) in [5.41, 5.74) is 0.453. The number of allylic oxidation sites excluding steroid dienone is 4. The van der Waals surface area contributed by atoms with Gasteiger partial charge in [0.1, 0.15) is 0 Å². The minimum atomic E-state index is 0.453. The summed E-state index contributed by atoms with van der Waals surface area (Å²) in [6.45, 7) is 4.69. The van der Waals surface area contributed by atoms with E-state index in [-0.39, 0.29) is 0 Å². The SMILES string of the molecule is CCCCCCCCCCCCC1(C)C=CC=CC1. The van der Waals surface area contributed by atoms with Crippen LogP contribution in [0.5, 0.6) is 0 Å². The molecule has 0 saturated heterocycles. The first kappa shape index (κ1) is 16.5. The average molecular weight is 262 g/mol. The molecule has 0 aromatic heterocycles. The lowest BCUT2D eigenvalue weighted by Gasteiger charge is -2.26. The zero-order chi connectivity index (χ0) is 13.8. The van der Waals surface area contributed by atoms with E-state index in [1.165, 1.54) is 77.0 Å². The normalized spacial score (nSPS) is 22.0. The lowest BCUT2D eigenvalue weighted by Crippen LogP contribution is -2.13. The average Bonchev–Trinajstić information content (AvgIpc) is 2.42. The molecule has 0 heteroatoms. The molecule has 0 saturated carbocycles. The Labute approximate surface area is 121 Å². The summed E-state index contributed by atoms with van der Waals surface area (Å²) >= 11 is 0. The number of hydrogen-bond acceptors (Lipinski definition) is 0. The molecule has 19 heavy (non-hydrogen) atoms. The van der Waals surface area contributed by atoms with Gasteiger partial charge in [-0.05, 0) is 18.3 Å². The maximum Gasteiger partial charge on any atom is -0.0109 e. The molecule has 110 valence electrons. The van der Waals surface area contributed by atoms with Gasteiger partial charge < -0.3 is 0 Å². The van der Waals surface area contributed by atoms with Crippen LogP contribution in [-0.4, -0.2) is 0 Å². The first-order chi connectivity index (χ1) is 9.27. The van der Waals surface area contributed by atoms with Crippen molar-refractivity contribution in [3.63, 3.8) is 0 Å². The third-order valence-electron chi connectivity index (χ3n) is 4.43. The summed E-state index contributed by atoms with van der Waals surface area (Å²) in [5.74, 6) is 0. The van der Waals surface area contributed by atoms with Crippen LogP contribution in [0.3, 0.4) is 0 Å². The van der Waals surface area contributed by atoms with Gasteiger partial charge in [-0.15, -0.1) is 0 Å². The van der Waals surface area contributed by atoms with Crippen LogP contribution in [0.15, 0.2) is 24.3 Å². The van der Waals surface area contributed by atoms with Crippen molar-refractivity contribution in [2.75, 3.05) is 0 Å². The largest absolute Gasteiger partial charge is 0.0837 e. The van der Waals surface area contributed by atoms with Crippen LogP contribution in [0.2, 0.25) is 0 Å². The summed E-state index contributed by atoms with van der Waals surface area (Å²) in [7, 11) is 0. The highest BCUT2D eigenvalue weighted by molar-refractivity contribution is 5.15. The van der Waals surface area contributed by atoms with Crippen LogP contribution in [0, 0.1) is 5.41 Å². The molecular weight excluding hydrogens is 228 g/mol. The van der Waals surface area contributed by atoms with E-state index in [0.717, 1.165) is 0 Å². The summed E-state index contributed by atoms with van der Waals surface area (Å²) < 4.78 is 0. The highest BCUT2D eigenvalue weighted by Gasteiger charge is 2.19. The van der Waals surface area contributed by atoms with Gasteiger partial charge in [-0.3, -0.25) is 0 Å². The van der Waals surface area contributed by atoms with E-state index in [4.69, 9.17) is 0 Å². The van der Waals surface area contributed by atoms with Crippen molar-refractivity contribution < 1.29 is 0 Å². The number of hydrogen-bond donors (Lipinski definition) is 0. The van der Waals surface area contributed by atoms with Crippen LogP contribution in [0.25, 0.3) is 0 Å². The predicted octanol–water partition coefficient (Wildman–Crippen LogP) is 6.82. The first-order valence-corrected chi connectivity index (χ1v) is 8.61. The molecule has 0 aliphatic heterocycles. The van der Waals surface area contributed by atoms with E-state index in [0.29, 0.717) is 5.41 Å². The van der Waals surface area contributed by atoms with Crippen molar-refractivity contribution >= 4 is 0 Å². The Hall–Kier alpha value is -0.520. The fraction of sp³-hybridized carbons (Fsp3) is 0.789. The molecule has 0 spiro atoms. The highest BCUT2D eigenvalue weighted by Crippen LogP contribution is 2.33. The molecule has 0 heterocycles. The molecule has 1 aliphatic rings. The molecule has 0 aromatic carbocycles. The van der Waals surface area contributed by atoms with Gasteiger partial charge in [0.15, 0.2) is 0 Å². The zero-order valence-electron chi connectivity index (χ0n) is 13.3. The van der Waals surface area contributed by atoms with Gasteiger partial charge in [0.2, 0.25) is 0 Å². The quantitative estimate of drug-likeness (QED) is 0.358. The highest BCUT2D eigenvalue weighted by atomic mass is 14.2. The fourth-order valence-electron chi connectivity index (χ4n) is 2.97. The standard InChI is InChI=1S/C19H34/c1-3-4-5-6-7-8-9-10-11-13-16-19(2)17-14-12-15-18-19/h12,14-15,17H,3-11,13,16,18H2,1-2H3. The maximum atomic E-state index is 2.40. The number of rotatable bonds is 11. The van der Waals surface area contributed by atoms with Crippen molar-refractivity contribution in [1.82, 2.24) is 0 Å². The van der Waals surface area contributed by atoms with Gasteiger partial charge in [-0.25, -0.2) is 0 Å². The molecule has 0 amide bonds. The molecule has 0 N–H and O–H groups in total. The van der Waals surface area contributed by atoms with Crippen LogP contribution >= 0.6 is 0 Å². The van der Waals surface area contributed by atoms with E-state index in [2.05, 4.69) is 38.2 Å². The smallest absolute Gasteiger partial charge is 0.0109 e. The Balaban J connectivity index is 1.86. The summed E-state index contributed by atoms with van der Waals surface area (Å²) in [6, 6.07) is 0. The topological polar surface area (TPSA) is 0 Å².